The summed E-state index contributed by atoms with van der Waals surface area (Å²) in [6, 6.07) is 6.09. The smallest absolute Gasteiger partial charge is 0.233 e. The minimum atomic E-state index is -0.329. The average molecular weight is 396 g/mol. The van der Waals surface area contributed by atoms with E-state index in [1.807, 2.05) is 18.7 Å². The van der Waals surface area contributed by atoms with Crippen molar-refractivity contribution in [1.82, 2.24) is 14.9 Å². The SMILES string of the molecule is CCC(=O)N1CCCCC1c1nc(C)c2c(n1)N(Cc1cccc(F)c1)C(=O)C2. The predicted octanol–water partition coefficient (Wildman–Crippen LogP) is 3.48. The van der Waals surface area contributed by atoms with E-state index in [1.165, 1.54) is 12.1 Å². The molecule has 1 saturated heterocycles. The van der Waals surface area contributed by atoms with Crippen LogP contribution in [0.1, 0.15) is 61.3 Å². The summed E-state index contributed by atoms with van der Waals surface area (Å²) < 4.78 is 13.6. The van der Waals surface area contributed by atoms with Crippen LogP contribution in [-0.4, -0.2) is 33.2 Å². The Labute approximate surface area is 169 Å². The number of carbonyl (C=O) groups is 2. The zero-order valence-corrected chi connectivity index (χ0v) is 16.8. The number of carbonyl (C=O) groups excluding carboxylic acids is 2. The van der Waals surface area contributed by atoms with Gasteiger partial charge in [-0.05, 0) is 43.9 Å². The molecule has 0 saturated carbocycles. The van der Waals surface area contributed by atoms with E-state index in [-0.39, 0.29) is 36.6 Å². The minimum Gasteiger partial charge on any atom is -0.332 e. The highest BCUT2D eigenvalue weighted by atomic mass is 19.1. The Bertz CT molecular complexity index is 962. The lowest BCUT2D eigenvalue weighted by atomic mass is 10.0. The Balaban J connectivity index is 1.69. The lowest BCUT2D eigenvalue weighted by Crippen LogP contribution is -2.39. The Hall–Kier alpha value is -2.83. The van der Waals surface area contributed by atoms with Gasteiger partial charge >= 0.3 is 0 Å². The molecule has 152 valence electrons. The number of anilines is 1. The van der Waals surface area contributed by atoms with E-state index >= 15 is 0 Å². The van der Waals surface area contributed by atoms with E-state index in [2.05, 4.69) is 4.98 Å². The zero-order chi connectivity index (χ0) is 20.5. The highest BCUT2D eigenvalue weighted by Crippen LogP contribution is 2.35. The molecule has 0 N–H and O–H groups in total. The minimum absolute atomic E-state index is 0.0658. The molecular formula is C22H25FN4O2. The lowest BCUT2D eigenvalue weighted by Gasteiger charge is -2.35. The van der Waals surface area contributed by atoms with Gasteiger partial charge in [-0.2, -0.15) is 0 Å². The summed E-state index contributed by atoms with van der Waals surface area (Å²) in [5, 5.41) is 0. The van der Waals surface area contributed by atoms with E-state index in [4.69, 9.17) is 4.98 Å². The largest absolute Gasteiger partial charge is 0.332 e. The van der Waals surface area contributed by atoms with Crippen LogP contribution in [0.25, 0.3) is 0 Å². The van der Waals surface area contributed by atoms with Gasteiger partial charge in [0.15, 0.2) is 5.82 Å². The summed E-state index contributed by atoms with van der Waals surface area (Å²) in [6.07, 6.45) is 3.52. The van der Waals surface area contributed by atoms with Gasteiger partial charge in [-0.3, -0.25) is 14.5 Å². The van der Waals surface area contributed by atoms with Crippen LogP contribution >= 0.6 is 0 Å². The van der Waals surface area contributed by atoms with Crippen molar-refractivity contribution < 1.29 is 14.0 Å². The van der Waals surface area contributed by atoms with Crippen molar-refractivity contribution in [3.05, 3.63) is 52.7 Å². The van der Waals surface area contributed by atoms with Gasteiger partial charge in [0.05, 0.1) is 19.0 Å². The number of aryl methyl sites for hydroxylation is 1. The number of likely N-dealkylation sites (tertiary alicyclic amines) is 1. The fourth-order valence-electron chi connectivity index (χ4n) is 4.23. The number of benzene rings is 1. The third-order valence-corrected chi connectivity index (χ3v) is 5.75. The molecule has 2 aliphatic rings. The normalized spacial score (nSPS) is 18.9. The Morgan fingerprint density at radius 1 is 1.28 bits per heavy atom. The number of halogens is 1. The van der Waals surface area contributed by atoms with Crippen LogP contribution in [0, 0.1) is 12.7 Å². The number of aromatic nitrogens is 2. The topological polar surface area (TPSA) is 66.4 Å². The molecule has 1 aromatic carbocycles. The second kappa shape index (κ2) is 7.89. The first-order chi connectivity index (χ1) is 14.0. The molecule has 0 spiro atoms. The molecule has 6 nitrogen and oxygen atoms in total. The number of fused-ring (bicyclic) bond motifs is 1. The number of piperidine rings is 1. The first-order valence-corrected chi connectivity index (χ1v) is 10.2. The van der Waals surface area contributed by atoms with Gasteiger partial charge in [0.25, 0.3) is 0 Å². The van der Waals surface area contributed by atoms with E-state index in [1.54, 1.807) is 17.0 Å². The van der Waals surface area contributed by atoms with Crippen LogP contribution in [0.15, 0.2) is 24.3 Å². The molecule has 29 heavy (non-hydrogen) atoms. The van der Waals surface area contributed by atoms with Gasteiger partial charge in [0, 0.05) is 24.2 Å². The summed E-state index contributed by atoms with van der Waals surface area (Å²) in [4.78, 5) is 38.0. The second-order valence-electron chi connectivity index (χ2n) is 7.71. The Morgan fingerprint density at radius 2 is 2.10 bits per heavy atom. The summed E-state index contributed by atoms with van der Waals surface area (Å²) in [6.45, 7) is 4.73. The Morgan fingerprint density at radius 3 is 2.86 bits per heavy atom. The zero-order valence-electron chi connectivity index (χ0n) is 16.8. The fraction of sp³-hybridized carbons (Fsp3) is 0.455. The van der Waals surface area contributed by atoms with E-state index in [9.17, 15) is 14.0 Å². The maximum absolute atomic E-state index is 13.6. The van der Waals surface area contributed by atoms with Gasteiger partial charge in [0.2, 0.25) is 11.8 Å². The van der Waals surface area contributed by atoms with Crippen LogP contribution in [0.5, 0.6) is 0 Å². The van der Waals surface area contributed by atoms with Gasteiger partial charge in [-0.1, -0.05) is 19.1 Å². The summed E-state index contributed by atoms with van der Waals surface area (Å²) in [5.41, 5.74) is 2.30. The van der Waals surface area contributed by atoms with Crippen molar-refractivity contribution in [2.24, 2.45) is 0 Å². The fourth-order valence-corrected chi connectivity index (χ4v) is 4.23. The number of nitrogens with zero attached hydrogens (tertiary/aromatic N) is 4. The van der Waals surface area contributed by atoms with E-state index in [0.717, 1.165) is 30.5 Å². The van der Waals surface area contributed by atoms with Gasteiger partial charge < -0.3 is 4.90 Å². The first-order valence-electron chi connectivity index (χ1n) is 10.2. The Kier molecular flexibility index (Phi) is 5.30. The van der Waals surface area contributed by atoms with Gasteiger partial charge in [-0.25, -0.2) is 14.4 Å². The molecular weight excluding hydrogens is 371 g/mol. The third-order valence-electron chi connectivity index (χ3n) is 5.75. The molecule has 2 aromatic rings. The molecule has 2 amide bonds. The first kappa shape index (κ1) is 19.5. The summed E-state index contributed by atoms with van der Waals surface area (Å²) in [7, 11) is 0. The molecule has 0 aliphatic carbocycles. The number of hydrogen-bond acceptors (Lipinski definition) is 4. The van der Waals surface area contributed by atoms with Crippen molar-refractivity contribution in [2.45, 2.75) is 58.5 Å². The predicted molar refractivity (Wildman–Crippen MR) is 107 cm³/mol. The van der Waals surface area contributed by atoms with Crippen LogP contribution in [0.2, 0.25) is 0 Å². The summed E-state index contributed by atoms with van der Waals surface area (Å²) >= 11 is 0. The number of hydrogen-bond donors (Lipinski definition) is 0. The molecule has 2 aliphatic heterocycles. The van der Waals surface area contributed by atoms with Crippen molar-refractivity contribution in [1.29, 1.82) is 0 Å². The molecule has 7 heteroatoms. The molecule has 1 unspecified atom stereocenters. The van der Waals surface area contributed by atoms with E-state index in [0.29, 0.717) is 30.2 Å². The monoisotopic (exact) mass is 396 g/mol. The average Bonchev–Trinajstić information content (AvgIpc) is 3.03. The van der Waals surface area contributed by atoms with Crippen LogP contribution in [0.4, 0.5) is 10.2 Å². The molecule has 1 atom stereocenters. The second-order valence-corrected chi connectivity index (χ2v) is 7.71. The molecule has 4 rings (SSSR count). The standard InChI is InChI=1S/C22H25FN4O2/c1-3-19(28)26-10-5-4-9-18(26)21-24-14(2)17-12-20(29)27(22(17)25-21)13-15-7-6-8-16(23)11-15/h6-8,11,18H,3-5,9-10,12-13H2,1-2H3. The highest BCUT2D eigenvalue weighted by Gasteiger charge is 2.35. The number of amides is 2. The van der Waals surface area contributed by atoms with Crippen LogP contribution in [-0.2, 0) is 22.6 Å². The lowest BCUT2D eigenvalue weighted by molar-refractivity contribution is -0.135. The molecule has 3 heterocycles. The molecule has 1 fully saturated rings. The number of rotatable bonds is 4. The molecule has 0 bridgehead atoms. The van der Waals surface area contributed by atoms with Crippen molar-refractivity contribution in [3.63, 3.8) is 0 Å². The van der Waals surface area contributed by atoms with E-state index < -0.39 is 0 Å². The quantitative estimate of drug-likeness (QED) is 0.794. The van der Waals surface area contributed by atoms with Crippen LogP contribution < -0.4 is 4.90 Å². The van der Waals surface area contributed by atoms with Crippen molar-refractivity contribution >= 4 is 17.6 Å². The van der Waals surface area contributed by atoms with Gasteiger partial charge in [-0.15, -0.1) is 0 Å². The van der Waals surface area contributed by atoms with Gasteiger partial charge in [0.1, 0.15) is 11.6 Å². The van der Waals surface area contributed by atoms with Crippen LogP contribution in [0.3, 0.4) is 0 Å². The third kappa shape index (κ3) is 3.73. The maximum atomic E-state index is 13.6. The summed E-state index contributed by atoms with van der Waals surface area (Å²) in [5.74, 6) is 0.899. The molecule has 1 aromatic heterocycles. The molecule has 0 radical (unpaired) electrons. The van der Waals surface area contributed by atoms with Crippen molar-refractivity contribution in [2.75, 3.05) is 11.4 Å². The van der Waals surface area contributed by atoms with Crippen molar-refractivity contribution in [3.8, 4) is 0 Å². The maximum Gasteiger partial charge on any atom is 0.233 e. The highest BCUT2D eigenvalue weighted by molar-refractivity contribution is 6.00.